The summed E-state index contributed by atoms with van der Waals surface area (Å²) in [5.74, 6) is 7.09. The fourth-order valence-corrected chi connectivity index (χ4v) is 1.69. The molecule has 4 heteroatoms. The molecule has 0 saturated carbocycles. The molecule has 0 amide bonds. The van der Waals surface area contributed by atoms with Crippen molar-refractivity contribution in [3.63, 3.8) is 0 Å². The number of rotatable bonds is 4. The molecule has 84 valence electrons. The fourth-order valence-electron chi connectivity index (χ4n) is 1.69. The lowest BCUT2D eigenvalue weighted by molar-refractivity contribution is 0.393. The number of methoxy groups -OCH3 is 1. The van der Waals surface area contributed by atoms with Gasteiger partial charge in [-0.3, -0.25) is 5.84 Å². The number of hydrogen-bond donors (Lipinski definition) is 2. The van der Waals surface area contributed by atoms with Crippen LogP contribution in [0.4, 0.5) is 0 Å². The topological polar surface area (TPSA) is 60.4 Å². The minimum Gasteiger partial charge on any atom is -0.496 e. The van der Waals surface area contributed by atoms with Crippen LogP contribution >= 0.6 is 0 Å². The van der Waals surface area contributed by atoms with Gasteiger partial charge in [0.05, 0.1) is 13.4 Å². The number of benzene rings is 1. The van der Waals surface area contributed by atoms with Crippen molar-refractivity contribution in [1.29, 1.82) is 0 Å². The summed E-state index contributed by atoms with van der Waals surface area (Å²) >= 11 is 0. The average molecular weight is 218 g/mol. The van der Waals surface area contributed by atoms with Crippen LogP contribution in [-0.4, -0.2) is 7.11 Å². The molecule has 2 aromatic rings. The van der Waals surface area contributed by atoms with E-state index in [0.29, 0.717) is 0 Å². The maximum atomic E-state index is 5.55. The predicted molar refractivity (Wildman–Crippen MR) is 60.9 cm³/mol. The van der Waals surface area contributed by atoms with E-state index in [2.05, 4.69) is 5.43 Å². The first kappa shape index (κ1) is 10.7. The number of nitrogens with two attached hydrogens (primary N) is 1. The van der Waals surface area contributed by atoms with Crippen molar-refractivity contribution in [2.75, 3.05) is 7.11 Å². The van der Waals surface area contributed by atoms with Gasteiger partial charge in [-0.15, -0.1) is 0 Å². The highest BCUT2D eigenvalue weighted by Gasteiger charge is 2.18. The Bertz CT molecular complexity index is 440. The number of furan rings is 1. The minimum absolute atomic E-state index is 0.203. The largest absolute Gasteiger partial charge is 0.496 e. The van der Waals surface area contributed by atoms with Gasteiger partial charge >= 0.3 is 0 Å². The molecule has 0 spiro atoms. The second-order valence-corrected chi connectivity index (χ2v) is 3.36. The van der Waals surface area contributed by atoms with E-state index in [1.54, 1.807) is 13.4 Å². The monoisotopic (exact) mass is 218 g/mol. The molecule has 1 aromatic carbocycles. The summed E-state index contributed by atoms with van der Waals surface area (Å²) < 4.78 is 10.6. The van der Waals surface area contributed by atoms with Gasteiger partial charge in [-0.05, 0) is 18.2 Å². The Hall–Kier alpha value is -1.78. The summed E-state index contributed by atoms with van der Waals surface area (Å²) in [6.45, 7) is 0. The molecule has 0 aliphatic carbocycles. The van der Waals surface area contributed by atoms with E-state index in [1.165, 1.54) is 0 Å². The zero-order valence-corrected chi connectivity index (χ0v) is 9.01. The first-order valence-electron chi connectivity index (χ1n) is 4.99. The Labute approximate surface area is 94.0 Å². The summed E-state index contributed by atoms with van der Waals surface area (Å²) in [6, 6.07) is 11.2. The van der Waals surface area contributed by atoms with Crippen LogP contribution in [0.15, 0.2) is 47.1 Å². The Balaban J connectivity index is 2.41. The zero-order valence-electron chi connectivity index (χ0n) is 9.01. The molecule has 0 radical (unpaired) electrons. The average Bonchev–Trinajstić information content (AvgIpc) is 2.84. The molecule has 0 bridgehead atoms. The van der Waals surface area contributed by atoms with Gasteiger partial charge in [0.15, 0.2) is 0 Å². The lowest BCUT2D eigenvalue weighted by atomic mass is 10.0. The van der Waals surface area contributed by atoms with Gasteiger partial charge in [0.1, 0.15) is 17.6 Å². The highest BCUT2D eigenvalue weighted by molar-refractivity contribution is 5.39. The summed E-state index contributed by atoms with van der Waals surface area (Å²) in [7, 11) is 1.63. The van der Waals surface area contributed by atoms with Crippen LogP contribution < -0.4 is 16.0 Å². The Morgan fingerprint density at radius 2 is 2.06 bits per heavy atom. The molecule has 0 saturated heterocycles. The van der Waals surface area contributed by atoms with Crippen molar-refractivity contribution in [2.24, 2.45) is 5.84 Å². The third kappa shape index (κ3) is 1.93. The van der Waals surface area contributed by atoms with Crippen LogP contribution in [0.3, 0.4) is 0 Å². The van der Waals surface area contributed by atoms with Gasteiger partial charge in [0.2, 0.25) is 0 Å². The molecule has 1 aromatic heterocycles. The quantitative estimate of drug-likeness (QED) is 0.607. The Morgan fingerprint density at radius 1 is 1.25 bits per heavy atom. The maximum Gasteiger partial charge on any atom is 0.126 e. The summed E-state index contributed by atoms with van der Waals surface area (Å²) in [5.41, 5.74) is 3.67. The smallest absolute Gasteiger partial charge is 0.126 e. The van der Waals surface area contributed by atoms with Crippen molar-refractivity contribution in [1.82, 2.24) is 5.43 Å². The molecule has 1 unspecified atom stereocenters. The highest BCUT2D eigenvalue weighted by atomic mass is 16.5. The molecule has 0 aliphatic heterocycles. The third-order valence-corrected chi connectivity index (χ3v) is 2.44. The molecular formula is C12H14N2O2. The molecular weight excluding hydrogens is 204 g/mol. The number of hydrogen-bond acceptors (Lipinski definition) is 4. The lowest BCUT2D eigenvalue weighted by Crippen LogP contribution is -2.28. The van der Waals surface area contributed by atoms with Crippen molar-refractivity contribution < 1.29 is 9.15 Å². The van der Waals surface area contributed by atoms with Gasteiger partial charge in [-0.2, -0.15) is 0 Å². The lowest BCUT2D eigenvalue weighted by Gasteiger charge is -2.16. The number of ether oxygens (including phenoxy) is 1. The first-order valence-corrected chi connectivity index (χ1v) is 4.99. The summed E-state index contributed by atoms with van der Waals surface area (Å²) in [5, 5.41) is 0. The molecule has 3 N–H and O–H groups in total. The number of hydrazine groups is 1. The normalized spacial score (nSPS) is 12.4. The summed E-state index contributed by atoms with van der Waals surface area (Å²) in [4.78, 5) is 0. The van der Waals surface area contributed by atoms with Crippen molar-refractivity contribution in [2.45, 2.75) is 6.04 Å². The second-order valence-electron chi connectivity index (χ2n) is 3.36. The van der Waals surface area contributed by atoms with E-state index in [4.69, 9.17) is 15.0 Å². The van der Waals surface area contributed by atoms with Crippen LogP contribution in [0.25, 0.3) is 0 Å². The number of nitrogens with one attached hydrogen (secondary N) is 1. The van der Waals surface area contributed by atoms with Crippen LogP contribution in [0.5, 0.6) is 5.75 Å². The number of para-hydroxylation sites is 1. The molecule has 1 atom stereocenters. The van der Waals surface area contributed by atoms with Crippen LogP contribution in [0.1, 0.15) is 17.4 Å². The van der Waals surface area contributed by atoms with Crippen molar-refractivity contribution in [3.8, 4) is 5.75 Å². The zero-order chi connectivity index (χ0) is 11.4. The van der Waals surface area contributed by atoms with Crippen LogP contribution in [0.2, 0.25) is 0 Å². The van der Waals surface area contributed by atoms with E-state index in [-0.39, 0.29) is 6.04 Å². The van der Waals surface area contributed by atoms with Crippen molar-refractivity contribution in [3.05, 3.63) is 54.0 Å². The molecule has 1 heterocycles. The van der Waals surface area contributed by atoms with Crippen LogP contribution in [-0.2, 0) is 0 Å². The van der Waals surface area contributed by atoms with E-state index < -0.39 is 0 Å². The maximum absolute atomic E-state index is 5.55. The van der Waals surface area contributed by atoms with Gasteiger partial charge in [-0.1, -0.05) is 18.2 Å². The SMILES string of the molecule is COc1ccccc1C(NN)c1ccco1. The van der Waals surface area contributed by atoms with Crippen molar-refractivity contribution >= 4 is 0 Å². The first-order chi connectivity index (χ1) is 7.86. The molecule has 16 heavy (non-hydrogen) atoms. The summed E-state index contributed by atoms with van der Waals surface area (Å²) in [6.07, 6.45) is 1.62. The Morgan fingerprint density at radius 3 is 2.69 bits per heavy atom. The Kier molecular flexibility index (Phi) is 3.24. The molecule has 2 rings (SSSR count). The molecule has 0 fully saturated rings. The van der Waals surface area contributed by atoms with Crippen LogP contribution in [0, 0.1) is 0 Å². The van der Waals surface area contributed by atoms with E-state index in [0.717, 1.165) is 17.1 Å². The molecule has 4 nitrogen and oxygen atoms in total. The van der Waals surface area contributed by atoms with Gasteiger partial charge in [0.25, 0.3) is 0 Å². The minimum atomic E-state index is -0.203. The van der Waals surface area contributed by atoms with Gasteiger partial charge in [-0.25, -0.2) is 5.43 Å². The third-order valence-electron chi connectivity index (χ3n) is 2.44. The second kappa shape index (κ2) is 4.83. The van der Waals surface area contributed by atoms with Gasteiger partial charge < -0.3 is 9.15 Å². The van der Waals surface area contributed by atoms with Gasteiger partial charge in [0, 0.05) is 5.56 Å². The predicted octanol–water partition coefficient (Wildman–Crippen LogP) is 1.84. The van der Waals surface area contributed by atoms with E-state index >= 15 is 0 Å². The fraction of sp³-hybridized carbons (Fsp3) is 0.167. The standard InChI is InChI=1S/C12H14N2O2/c1-15-10-6-3-2-5-9(10)12(14-13)11-7-4-8-16-11/h2-8,12,14H,13H2,1H3. The van der Waals surface area contributed by atoms with E-state index in [9.17, 15) is 0 Å². The highest BCUT2D eigenvalue weighted by Crippen LogP contribution is 2.29. The molecule has 0 aliphatic rings. The van der Waals surface area contributed by atoms with E-state index in [1.807, 2.05) is 36.4 Å².